The normalized spacial score (nSPS) is 34.7. The van der Waals surface area contributed by atoms with Gasteiger partial charge in [-0.1, -0.05) is 20.8 Å². The third-order valence-corrected chi connectivity index (χ3v) is 4.19. The number of nitrogens with one attached hydrogen (secondary N) is 1. The Labute approximate surface area is 105 Å². The second-order valence-corrected chi connectivity index (χ2v) is 6.24. The smallest absolute Gasteiger partial charge is 0.238 e. The fourth-order valence-corrected chi connectivity index (χ4v) is 3.19. The molecule has 0 bridgehead atoms. The first-order valence-corrected chi connectivity index (χ1v) is 7.12. The molecule has 3 nitrogen and oxygen atoms in total. The summed E-state index contributed by atoms with van der Waals surface area (Å²) in [6.45, 7) is 7.33. The molecule has 0 aromatic heterocycles. The van der Waals surface area contributed by atoms with Gasteiger partial charge in [0.15, 0.2) is 0 Å². The first-order valence-electron chi connectivity index (χ1n) is 7.12. The highest BCUT2D eigenvalue weighted by atomic mass is 16.2. The SMILES string of the molecule is CC(C)CC1NCC(=O)N1C1CCC(C)CC1. The lowest BCUT2D eigenvalue weighted by molar-refractivity contribution is -0.131. The Morgan fingerprint density at radius 1 is 1.29 bits per heavy atom. The van der Waals surface area contributed by atoms with Gasteiger partial charge in [-0.15, -0.1) is 0 Å². The number of rotatable bonds is 3. The topological polar surface area (TPSA) is 32.3 Å². The van der Waals surface area contributed by atoms with Crippen LogP contribution in [-0.4, -0.2) is 29.6 Å². The molecule has 1 aliphatic heterocycles. The summed E-state index contributed by atoms with van der Waals surface area (Å²) in [6, 6.07) is 0.498. The van der Waals surface area contributed by atoms with Crippen molar-refractivity contribution in [2.24, 2.45) is 11.8 Å². The highest BCUT2D eigenvalue weighted by molar-refractivity contribution is 5.81. The Morgan fingerprint density at radius 2 is 1.94 bits per heavy atom. The lowest BCUT2D eigenvalue weighted by Gasteiger charge is -2.37. The molecule has 2 fully saturated rings. The average molecular weight is 238 g/mol. The monoisotopic (exact) mass is 238 g/mol. The van der Waals surface area contributed by atoms with Gasteiger partial charge in [-0.05, 0) is 43.9 Å². The van der Waals surface area contributed by atoms with Gasteiger partial charge in [0.2, 0.25) is 5.91 Å². The molecule has 0 aromatic carbocycles. The predicted molar refractivity (Wildman–Crippen MR) is 69.5 cm³/mol. The van der Waals surface area contributed by atoms with E-state index >= 15 is 0 Å². The van der Waals surface area contributed by atoms with Gasteiger partial charge in [0.25, 0.3) is 0 Å². The van der Waals surface area contributed by atoms with Crippen LogP contribution in [0.4, 0.5) is 0 Å². The van der Waals surface area contributed by atoms with Crippen LogP contribution in [0.5, 0.6) is 0 Å². The summed E-state index contributed by atoms with van der Waals surface area (Å²) in [5, 5.41) is 3.37. The van der Waals surface area contributed by atoms with Crippen LogP contribution < -0.4 is 5.32 Å². The van der Waals surface area contributed by atoms with Crippen molar-refractivity contribution in [1.29, 1.82) is 0 Å². The number of carbonyl (C=O) groups is 1. The maximum absolute atomic E-state index is 12.0. The van der Waals surface area contributed by atoms with E-state index in [1.807, 2.05) is 0 Å². The first kappa shape index (κ1) is 12.9. The zero-order chi connectivity index (χ0) is 12.4. The Morgan fingerprint density at radius 3 is 2.53 bits per heavy atom. The van der Waals surface area contributed by atoms with E-state index in [1.165, 1.54) is 25.7 Å². The third-order valence-electron chi connectivity index (χ3n) is 4.19. The molecule has 1 atom stereocenters. The molecule has 2 aliphatic rings. The van der Waals surface area contributed by atoms with Crippen molar-refractivity contribution in [3.8, 4) is 0 Å². The van der Waals surface area contributed by atoms with Crippen molar-refractivity contribution < 1.29 is 4.79 Å². The first-order chi connectivity index (χ1) is 8.08. The minimum atomic E-state index is 0.293. The number of nitrogens with zero attached hydrogens (tertiary/aromatic N) is 1. The number of amides is 1. The maximum atomic E-state index is 12.0. The van der Waals surface area contributed by atoms with Crippen molar-refractivity contribution in [1.82, 2.24) is 10.2 Å². The highest BCUT2D eigenvalue weighted by Crippen LogP contribution is 2.30. The molecular formula is C14H26N2O. The van der Waals surface area contributed by atoms with Gasteiger partial charge in [0.05, 0.1) is 12.7 Å². The van der Waals surface area contributed by atoms with E-state index in [0.717, 1.165) is 12.3 Å². The van der Waals surface area contributed by atoms with Gasteiger partial charge in [-0.25, -0.2) is 0 Å². The maximum Gasteiger partial charge on any atom is 0.238 e. The third kappa shape index (κ3) is 3.01. The molecule has 17 heavy (non-hydrogen) atoms. The fourth-order valence-electron chi connectivity index (χ4n) is 3.19. The molecule has 1 saturated heterocycles. The van der Waals surface area contributed by atoms with Crippen LogP contribution in [-0.2, 0) is 4.79 Å². The molecule has 1 aliphatic carbocycles. The molecule has 0 aromatic rings. The molecule has 0 spiro atoms. The van der Waals surface area contributed by atoms with Crippen molar-refractivity contribution in [2.45, 2.75) is 65.1 Å². The van der Waals surface area contributed by atoms with Crippen molar-refractivity contribution in [3.63, 3.8) is 0 Å². The molecule has 1 amide bonds. The number of hydrogen-bond donors (Lipinski definition) is 1. The lowest BCUT2D eigenvalue weighted by Crippen LogP contribution is -2.46. The van der Waals surface area contributed by atoms with Crippen LogP contribution >= 0.6 is 0 Å². The van der Waals surface area contributed by atoms with E-state index in [4.69, 9.17) is 0 Å². The van der Waals surface area contributed by atoms with Crippen LogP contribution in [0.2, 0.25) is 0 Å². The second kappa shape index (κ2) is 5.38. The van der Waals surface area contributed by atoms with Crippen molar-refractivity contribution in [2.75, 3.05) is 6.54 Å². The van der Waals surface area contributed by atoms with Gasteiger partial charge < -0.3 is 4.90 Å². The van der Waals surface area contributed by atoms with E-state index in [1.54, 1.807) is 0 Å². The van der Waals surface area contributed by atoms with E-state index in [9.17, 15) is 4.79 Å². The van der Waals surface area contributed by atoms with Crippen molar-refractivity contribution >= 4 is 5.91 Å². The molecule has 1 heterocycles. The molecule has 3 heteroatoms. The zero-order valence-corrected chi connectivity index (χ0v) is 11.4. The number of hydrogen-bond acceptors (Lipinski definition) is 2. The van der Waals surface area contributed by atoms with Gasteiger partial charge in [-0.2, -0.15) is 0 Å². The molecule has 1 saturated carbocycles. The van der Waals surface area contributed by atoms with E-state index < -0.39 is 0 Å². The van der Waals surface area contributed by atoms with Crippen LogP contribution in [0, 0.1) is 11.8 Å². The summed E-state index contributed by atoms with van der Waals surface area (Å²) in [6.07, 6.45) is 6.33. The number of carbonyl (C=O) groups excluding carboxylic acids is 1. The molecular weight excluding hydrogens is 212 g/mol. The summed E-state index contributed by atoms with van der Waals surface area (Å²) < 4.78 is 0. The molecule has 0 radical (unpaired) electrons. The van der Waals surface area contributed by atoms with Crippen LogP contribution in [0.25, 0.3) is 0 Å². The van der Waals surface area contributed by atoms with E-state index in [-0.39, 0.29) is 0 Å². The molecule has 2 rings (SSSR count). The summed E-state index contributed by atoms with van der Waals surface area (Å²) >= 11 is 0. The van der Waals surface area contributed by atoms with Crippen molar-refractivity contribution in [3.05, 3.63) is 0 Å². The minimum Gasteiger partial charge on any atom is -0.323 e. The average Bonchev–Trinajstić information content (AvgIpc) is 2.61. The molecule has 98 valence electrons. The standard InChI is InChI=1S/C14H26N2O/c1-10(2)8-13-15-9-14(17)16(13)12-6-4-11(3)5-7-12/h10-13,15H,4-9H2,1-3H3. The lowest BCUT2D eigenvalue weighted by atomic mass is 9.86. The minimum absolute atomic E-state index is 0.293. The fraction of sp³-hybridized carbons (Fsp3) is 0.929. The Kier molecular flexibility index (Phi) is 4.08. The van der Waals surface area contributed by atoms with Crippen LogP contribution in [0.1, 0.15) is 52.9 Å². The molecule has 1 N–H and O–H groups in total. The van der Waals surface area contributed by atoms with Gasteiger partial charge >= 0.3 is 0 Å². The van der Waals surface area contributed by atoms with Gasteiger partial charge in [-0.3, -0.25) is 10.1 Å². The van der Waals surface area contributed by atoms with Gasteiger partial charge in [0.1, 0.15) is 0 Å². The highest BCUT2D eigenvalue weighted by Gasteiger charge is 2.36. The summed E-state index contributed by atoms with van der Waals surface area (Å²) in [5.74, 6) is 1.80. The van der Waals surface area contributed by atoms with Crippen LogP contribution in [0.15, 0.2) is 0 Å². The van der Waals surface area contributed by atoms with Crippen LogP contribution in [0.3, 0.4) is 0 Å². The van der Waals surface area contributed by atoms with E-state index in [0.29, 0.717) is 30.6 Å². The second-order valence-electron chi connectivity index (χ2n) is 6.24. The summed E-state index contributed by atoms with van der Waals surface area (Å²) in [4.78, 5) is 14.2. The largest absolute Gasteiger partial charge is 0.323 e. The summed E-state index contributed by atoms with van der Waals surface area (Å²) in [5.41, 5.74) is 0. The van der Waals surface area contributed by atoms with E-state index in [2.05, 4.69) is 31.0 Å². The Balaban J connectivity index is 1.98. The molecule has 1 unspecified atom stereocenters. The predicted octanol–water partition coefficient (Wildman–Crippen LogP) is 2.37. The Hall–Kier alpha value is -0.570. The van der Waals surface area contributed by atoms with Gasteiger partial charge in [0, 0.05) is 6.04 Å². The Bertz CT molecular complexity index is 269. The quantitative estimate of drug-likeness (QED) is 0.818. The summed E-state index contributed by atoms with van der Waals surface area (Å²) in [7, 11) is 0. The zero-order valence-electron chi connectivity index (χ0n) is 11.4.